The predicted octanol–water partition coefficient (Wildman–Crippen LogP) is 2.95. The topological polar surface area (TPSA) is 108 Å². The van der Waals surface area contributed by atoms with E-state index in [-0.39, 0.29) is 36.0 Å². The average molecular weight is 429 g/mol. The Labute approximate surface area is 175 Å². The molecule has 1 fully saturated rings. The molecule has 0 bridgehead atoms. The highest BCUT2D eigenvalue weighted by molar-refractivity contribution is 7.89. The van der Waals surface area contributed by atoms with Gasteiger partial charge >= 0.3 is 0 Å². The SMILES string of the molecule is CC(NC(=O)C1CCN(S(=O)(=O)c2ccc(-c3ccn[nH]3)o2)CC1)c1ccccc1. The fraction of sp³-hybridized carbons (Fsp3) is 0.333. The number of H-pyrrole nitrogens is 1. The van der Waals surface area contributed by atoms with Gasteiger partial charge in [0.15, 0.2) is 5.76 Å². The number of sulfonamides is 1. The molecule has 4 rings (SSSR count). The summed E-state index contributed by atoms with van der Waals surface area (Å²) < 4.78 is 32.8. The largest absolute Gasteiger partial charge is 0.442 e. The molecule has 9 heteroatoms. The van der Waals surface area contributed by atoms with E-state index in [1.807, 2.05) is 37.3 Å². The van der Waals surface area contributed by atoms with Gasteiger partial charge < -0.3 is 9.73 Å². The van der Waals surface area contributed by atoms with Crippen molar-refractivity contribution in [3.8, 4) is 11.5 Å². The summed E-state index contributed by atoms with van der Waals surface area (Å²) >= 11 is 0. The van der Waals surface area contributed by atoms with Crippen LogP contribution in [0.25, 0.3) is 11.5 Å². The highest BCUT2D eigenvalue weighted by Crippen LogP contribution is 2.28. The lowest BCUT2D eigenvalue weighted by Gasteiger charge is -2.30. The van der Waals surface area contributed by atoms with Crippen molar-refractivity contribution >= 4 is 15.9 Å². The Bertz CT molecular complexity index is 1090. The van der Waals surface area contributed by atoms with Crippen molar-refractivity contribution in [2.75, 3.05) is 13.1 Å². The number of hydrogen-bond donors (Lipinski definition) is 2. The second kappa shape index (κ2) is 8.45. The molecule has 1 atom stereocenters. The van der Waals surface area contributed by atoms with E-state index in [2.05, 4.69) is 15.5 Å². The van der Waals surface area contributed by atoms with E-state index >= 15 is 0 Å². The van der Waals surface area contributed by atoms with E-state index in [0.29, 0.717) is 24.3 Å². The Morgan fingerprint density at radius 1 is 1.17 bits per heavy atom. The van der Waals surface area contributed by atoms with Crippen LogP contribution in [0.15, 0.2) is 64.2 Å². The van der Waals surface area contributed by atoms with Crippen LogP contribution in [0, 0.1) is 5.92 Å². The normalized spacial score (nSPS) is 17.0. The van der Waals surface area contributed by atoms with Crippen LogP contribution in [0.4, 0.5) is 0 Å². The predicted molar refractivity (Wildman–Crippen MR) is 111 cm³/mol. The van der Waals surface area contributed by atoms with E-state index in [1.54, 1.807) is 18.3 Å². The first-order valence-electron chi connectivity index (χ1n) is 9.90. The van der Waals surface area contributed by atoms with Crippen LogP contribution in [0.1, 0.15) is 31.4 Å². The number of amides is 1. The van der Waals surface area contributed by atoms with Crippen LogP contribution in [-0.2, 0) is 14.8 Å². The van der Waals surface area contributed by atoms with Crippen molar-refractivity contribution < 1.29 is 17.6 Å². The van der Waals surface area contributed by atoms with E-state index in [4.69, 9.17) is 4.42 Å². The molecule has 30 heavy (non-hydrogen) atoms. The zero-order valence-electron chi connectivity index (χ0n) is 16.6. The number of hydrogen-bond acceptors (Lipinski definition) is 5. The molecular formula is C21H24N4O4S. The van der Waals surface area contributed by atoms with Gasteiger partial charge in [-0.1, -0.05) is 30.3 Å². The quantitative estimate of drug-likeness (QED) is 0.628. The molecule has 0 spiro atoms. The number of piperidine rings is 1. The summed E-state index contributed by atoms with van der Waals surface area (Å²) in [5, 5.41) is 9.52. The van der Waals surface area contributed by atoms with Crippen LogP contribution < -0.4 is 5.32 Å². The zero-order valence-corrected chi connectivity index (χ0v) is 17.4. The van der Waals surface area contributed by atoms with Gasteiger partial charge in [-0.25, -0.2) is 8.42 Å². The Kier molecular flexibility index (Phi) is 5.74. The van der Waals surface area contributed by atoms with Crippen LogP contribution >= 0.6 is 0 Å². The number of aromatic nitrogens is 2. The third kappa shape index (κ3) is 4.17. The Morgan fingerprint density at radius 3 is 2.57 bits per heavy atom. The van der Waals surface area contributed by atoms with Crippen molar-refractivity contribution in [1.82, 2.24) is 19.8 Å². The van der Waals surface area contributed by atoms with Crippen LogP contribution in [-0.4, -0.2) is 41.9 Å². The minimum absolute atomic E-state index is 0.0390. The van der Waals surface area contributed by atoms with Gasteiger partial charge in [-0.05, 0) is 43.5 Å². The van der Waals surface area contributed by atoms with E-state index in [0.717, 1.165) is 5.56 Å². The maximum Gasteiger partial charge on any atom is 0.276 e. The van der Waals surface area contributed by atoms with Crippen LogP contribution in [0.2, 0.25) is 0 Å². The lowest BCUT2D eigenvalue weighted by molar-refractivity contribution is -0.126. The third-order valence-corrected chi connectivity index (χ3v) is 7.20. The molecule has 1 amide bonds. The van der Waals surface area contributed by atoms with Crippen molar-refractivity contribution in [3.63, 3.8) is 0 Å². The standard InChI is InChI=1S/C21H24N4O4S/c1-15(16-5-3-2-4-6-16)23-21(26)17-10-13-25(14-11-17)30(27,28)20-8-7-19(29-20)18-9-12-22-24-18/h2-9,12,15,17H,10-11,13-14H2,1H3,(H,22,24)(H,23,26). The van der Waals surface area contributed by atoms with Gasteiger partial charge in [0.05, 0.1) is 6.04 Å². The third-order valence-electron chi connectivity index (χ3n) is 5.42. The molecule has 1 saturated heterocycles. The van der Waals surface area contributed by atoms with Crippen molar-refractivity contribution in [1.29, 1.82) is 0 Å². The molecule has 3 heterocycles. The number of carbonyl (C=O) groups is 1. The molecular weight excluding hydrogens is 404 g/mol. The summed E-state index contributed by atoms with van der Waals surface area (Å²) in [6, 6.07) is 14.4. The van der Waals surface area contributed by atoms with Gasteiger partial charge in [-0.15, -0.1) is 0 Å². The Morgan fingerprint density at radius 2 is 1.90 bits per heavy atom. The Hall–Kier alpha value is -2.91. The molecule has 158 valence electrons. The first-order valence-corrected chi connectivity index (χ1v) is 11.3. The van der Waals surface area contributed by atoms with Gasteiger partial charge in [0, 0.05) is 25.2 Å². The molecule has 2 aromatic heterocycles. The molecule has 3 aromatic rings. The number of nitrogens with zero attached hydrogens (tertiary/aromatic N) is 2. The monoisotopic (exact) mass is 428 g/mol. The summed E-state index contributed by atoms with van der Waals surface area (Å²) in [6.07, 6.45) is 2.52. The summed E-state index contributed by atoms with van der Waals surface area (Å²) in [5.74, 6) is 0.165. The number of rotatable bonds is 6. The fourth-order valence-corrected chi connectivity index (χ4v) is 5.02. The van der Waals surface area contributed by atoms with Crippen molar-refractivity contribution in [3.05, 3.63) is 60.3 Å². The van der Waals surface area contributed by atoms with E-state index in [1.165, 1.54) is 10.4 Å². The lowest BCUT2D eigenvalue weighted by atomic mass is 9.96. The summed E-state index contributed by atoms with van der Waals surface area (Å²) in [6.45, 7) is 2.50. The maximum absolute atomic E-state index is 12.9. The molecule has 0 aliphatic carbocycles. The summed E-state index contributed by atoms with van der Waals surface area (Å²) in [5.41, 5.74) is 1.65. The molecule has 1 aliphatic heterocycles. The molecule has 1 aromatic carbocycles. The van der Waals surface area contributed by atoms with Gasteiger partial charge in [-0.3, -0.25) is 9.89 Å². The molecule has 1 aliphatic rings. The van der Waals surface area contributed by atoms with Gasteiger partial charge in [0.1, 0.15) is 5.69 Å². The maximum atomic E-state index is 12.9. The minimum atomic E-state index is -3.75. The van der Waals surface area contributed by atoms with E-state index < -0.39 is 10.0 Å². The zero-order chi connectivity index (χ0) is 21.1. The van der Waals surface area contributed by atoms with Gasteiger partial charge in [0.2, 0.25) is 11.0 Å². The molecule has 2 N–H and O–H groups in total. The molecule has 8 nitrogen and oxygen atoms in total. The van der Waals surface area contributed by atoms with Crippen LogP contribution in [0.3, 0.4) is 0 Å². The first-order chi connectivity index (χ1) is 14.4. The first kappa shape index (κ1) is 20.4. The second-order valence-electron chi connectivity index (χ2n) is 7.41. The molecule has 0 radical (unpaired) electrons. The molecule has 1 unspecified atom stereocenters. The molecule has 0 saturated carbocycles. The number of benzene rings is 1. The van der Waals surface area contributed by atoms with Crippen molar-refractivity contribution in [2.45, 2.75) is 30.9 Å². The number of furan rings is 1. The second-order valence-corrected chi connectivity index (χ2v) is 9.28. The highest BCUT2D eigenvalue weighted by atomic mass is 32.2. The van der Waals surface area contributed by atoms with Gasteiger partial charge in [0.25, 0.3) is 10.0 Å². The lowest BCUT2D eigenvalue weighted by Crippen LogP contribution is -2.43. The Balaban J connectivity index is 1.36. The fourth-order valence-electron chi connectivity index (χ4n) is 3.64. The van der Waals surface area contributed by atoms with Crippen LogP contribution in [0.5, 0.6) is 0 Å². The minimum Gasteiger partial charge on any atom is -0.442 e. The van der Waals surface area contributed by atoms with Gasteiger partial charge in [-0.2, -0.15) is 9.40 Å². The summed E-state index contributed by atoms with van der Waals surface area (Å²) in [7, 11) is -3.75. The summed E-state index contributed by atoms with van der Waals surface area (Å²) in [4.78, 5) is 12.6. The number of aromatic amines is 1. The van der Waals surface area contributed by atoms with E-state index in [9.17, 15) is 13.2 Å². The smallest absolute Gasteiger partial charge is 0.276 e. The highest BCUT2D eigenvalue weighted by Gasteiger charge is 2.34. The average Bonchev–Trinajstić information content (AvgIpc) is 3.46. The number of nitrogens with one attached hydrogen (secondary N) is 2. The van der Waals surface area contributed by atoms with Crippen molar-refractivity contribution in [2.24, 2.45) is 5.92 Å². The number of carbonyl (C=O) groups excluding carboxylic acids is 1.